The number of carbonyl (C=O) groups excluding carboxylic acids is 1. The van der Waals surface area contributed by atoms with Crippen molar-refractivity contribution < 1.29 is 18.7 Å². The van der Waals surface area contributed by atoms with E-state index >= 15 is 0 Å². The van der Waals surface area contributed by atoms with Gasteiger partial charge in [-0.25, -0.2) is 9.37 Å². The number of piperazine rings is 1. The van der Waals surface area contributed by atoms with Gasteiger partial charge < -0.3 is 29.9 Å². The summed E-state index contributed by atoms with van der Waals surface area (Å²) in [5, 5.41) is 5.68. The van der Waals surface area contributed by atoms with Gasteiger partial charge in [-0.3, -0.25) is 4.79 Å². The lowest BCUT2D eigenvalue weighted by Crippen LogP contribution is -2.44. The van der Waals surface area contributed by atoms with Gasteiger partial charge in [0, 0.05) is 43.6 Å². The monoisotopic (exact) mass is 478 g/mol. The van der Waals surface area contributed by atoms with E-state index in [1.54, 1.807) is 36.4 Å². The molecule has 2 N–H and O–H groups in total. The maximum absolute atomic E-state index is 14.9. The molecule has 0 atom stereocenters. The Labute approximate surface area is 203 Å². The van der Waals surface area contributed by atoms with Crippen LogP contribution in [0.2, 0.25) is 0 Å². The normalized spacial score (nSPS) is 13.7. The zero-order valence-electron chi connectivity index (χ0n) is 19.6. The molecule has 1 aliphatic heterocycles. The summed E-state index contributed by atoms with van der Waals surface area (Å²) in [5.74, 6) is 0.461. The van der Waals surface area contributed by atoms with Crippen LogP contribution in [0.25, 0.3) is 0 Å². The number of nitrogens with one attached hydrogen (secondary N) is 2. The average molecular weight is 479 g/mol. The van der Waals surface area contributed by atoms with Crippen molar-refractivity contribution in [1.29, 1.82) is 0 Å². The highest BCUT2D eigenvalue weighted by atomic mass is 19.1. The lowest BCUT2D eigenvalue weighted by molar-refractivity contribution is -0.111. The molecule has 2 heterocycles. The van der Waals surface area contributed by atoms with E-state index < -0.39 is 0 Å². The molecule has 0 radical (unpaired) electrons. The molecule has 2 aromatic carbocycles. The summed E-state index contributed by atoms with van der Waals surface area (Å²) >= 11 is 0. The molecule has 10 heteroatoms. The van der Waals surface area contributed by atoms with Crippen LogP contribution in [0, 0.1) is 5.82 Å². The van der Waals surface area contributed by atoms with E-state index in [9.17, 15) is 9.18 Å². The number of carbonyl (C=O) groups is 1. The van der Waals surface area contributed by atoms with Gasteiger partial charge in [0.1, 0.15) is 11.6 Å². The standard InChI is InChI=1S/C25H27FN6O3/c1-4-23(33)28-17-6-5-7-19(14-17)35-24-22(34-3)16-27-25(30-24)29-18-8-9-21(20(26)15-18)32-12-10-31(2)11-13-32/h4-9,14-16H,1,10-13H2,2-3H3,(H,28,33)(H,27,29,30). The van der Waals surface area contributed by atoms with Crippen LogP contribution in [0.1, 0.15) is 0 Å². The molecule has 9 nitrogen and oxygen atoms in total. The minimum absolute atomic E-state index is 0.159. The van der Waals surface area contributed by atoms with Gasteiger partial charge in [-0.1, -0.05) is 12.6 Å². The fraction of sp³-hybridized carbons (Fsp3) is 0.240. The van der Waals surface area contributed by atoms with Crippen LogP contribution in [-0.4, -0.2) is 61.1 Å². The van der Waals surface area contributed by atoms with Crippen molar-refractivity contribution in [2.45, 2.75) is 0 Å². The highest BCUT2D eigenvalue weighted by Crippen LogP contribution is 2.32. The lowest BCUT2D eigenvalue weighted by Gasteiger charge is -2.34. The third-order valence-corrected chi connectivity index (χ3v) is 5.49. The molecule has 1 aromatic heterocycles. The molecule has 182 valence electrons. The first kappa shape index (κ1) is 24.0. The molecular formula is C25H27FN6O3. The number of amides is 1. The van der Waals surface area contributed by atoms with E-state index in [4.69, 9.17) is 9.47 Å². The van der Waals surface area contributed by atoms with Crippen LogP contribution in [0.3, 0.4) is 0 Å². The van der Waals surface area contributed by atoms with Crippen LogP contribution in [0.4, 0.5) is 27.4 Å². The van der Waals surface area contributed by atoms with Crippen molar-refractivity contribution in [2.24, 2.45) is 0 Å². The van der Waals surface area contributed by atoms with Gasteiger partial charge >= 0.3 is 0 Å². The molecule has 0 saturated carbocycles. The zero-order valence-corrected chi connectivity index (χ0v) is 19.6. The van der Waals surface area contributed by atoms with Gasteiger partial charge in [-0.15, -0.1) is 0 Å². The Morgan fingerprint density at radius 2 is 1.94 bits per heavy atom. The number of hydrogen-bond donors (Lipinski definition) is 2. The molecule has 1 aliphatic rings. The summed E-state index contributed by atoms with van der Waals surface area (Å²) in [6.45, 7) is 6.79. The van der Waals surface area contributed by atoms with Gasteiger partial charge in [0.05, 0.1) is 19.0 Å². The maximum Gasteiger partial charge on any atom is 0.267 e. The van der Waals surface area contributed by atoms with E-state index in [2.05, 4.69) is 39.1 Å². The van der Waals surface area contributed by atoms with Crippen molar-refractivity contribution >= 4 is 28.9 Å². The number of anilines is 4. The topological polar surface area (TPSA) is 91.8 Å². The first-order valence-corrected chi connectivity index (χ1v) is 11.1. The van der Waals surface area contributed by atoms with Crippen LogP contribution in [-0.2, 0) is 4.79 Å². The maximum atomic E-state index is 14.9. The number of ether oxygens (including phenoxy) is 2. The molecule has 0 unspecified atom stereocenters. The van der Waals surface area contributed by atoms with Crippen molar-refractivity contribution in [1.82, 2.24) is 14.9 Å². The molecule has 0 aliphatic carbocycles. The van der Waals surface area contributed by atoms with Crippen molar-refractivity contribution in [3.05, 3.63) is 67.1 Å². The Morgan fingerprint density at radius 3 is 2.66 bits per heavy atom. The Kier molecular flexibility index (Phi) is 7.41. The summed E-state index contributed by atoms with van der Waals surface area (Å²) in [5.41, 5.74) is 1.62. The van der Waals surface area contributed by atoms with Gasteiger partial charge in [0.2, 0.25) is 11.9 Å². The smallest absolute Gasteiger partial charge is 0.267 e. The van der Waals surface area contributed by atoms with Gasteiger partial charge in [-0.05, 0) is 43.5 Å². The predicted octanol–water partition coefficient (Wildman–Crippen LogP) is 4.04. The predicted molar refractivity (Wildman–Crippen MR) is 133 cm³/mol. The SMILES string of the molecule is C=CC(=O)Nc1cccc(Oc2nc(Nc3ccc(N4CCN(C)CC4)c(F)c3)ncc2OC)c1. The Morgan fingerprint density at radius 1 is 1.14 bits per heavy atom. The van der Waals surface area contributed by atoms with E-state index in [0.29, 0.717) is 28.6 Å². The van der Waals surface area contributed by atoms with E-state index in [1.807, 2.05) is 4.90 Å². The molecule has 4 rings (SSSR count). The Balaban J connectivity index is 1.50. The van der Waals surface area contributed by atoms with Crippen LogP contribution >= 0.6 is 0 Å². The second-order valence-electron chi connectivity index (χ2n) is 7.97. The third-order valence-electron chi connectivity index (χ3n) is 5.49. The molecule has 1 amide bonds. The van der Waals surface area contributed by atoms with Crippen LogP contribution in [0.5, 0.6) is 17.4 Å². The van der Waals surface area contributed by atoms with Crippen LogP contribution in [0.15, 0.2) is 61.3 Å². The van der Waals surface area contributed by atoms with Crippen molar-refractivity contribution in [3.8, 4) is 17.4 Å². The second-order valence-corrected chi connectivity index (χ2v) is 7.97. The number of aromatic nitrogens is 2. The average Bonchev–Trinajstić information content (AvgIpc) is 2.85. The van der Waals surface area contributed by atoms with E-state index in [-0.39, 0.29) is 23.6 Å². The zero-order chi connectivity index (χ0) is 24.8. The number of likely N-dealkylation sites (N-methyl/N-ethyl adjacent to an activating group) is 1. The minimum Gasteiger partial charge on any atom is -0.490 e. The van der Waals surface area contributed by atoms with Crippen LogP contribution < -0.4 is 25.0 Å². The second kappa shape index (κ2) is 10.8. The molecule has 35 heavy (non-hydrogen) atoms. The summed E-state index contributed by atoms with van der Waals surface area (Å²) < 4.78 is 26.1. The summed E-state index contributed by atoms with van der Waals surface area (Å²) in [6, 6.07) is 11.8. The Hall–Kier alpha value is -4.18. The molecule has 0 spiro atoms. The number of nitrogens with zero attached hydrogens (tertiary/aromatic N) is 4. The summed E-state index contributed by atoms with van der Waals surface area (Å²) in [6.07, 6.45) is 2.64. The fourth-order valence-corrected chi connectivity index (χ4v) is 3.59. The number of benzene rings is 2. The lowest BCUT2D eigenvalue weighted by atomic mass is 10.2. The highest BCUT2D eigenvalue weighted by Gasteiger charge is 2.18. The molecular weight excluding hydrogens is 451 g/mol. The first-order valence-electron chi connectivity index (χ1n) is 11.1. The third kappa shape index (κ3) is 6.04. The largest absolute Gasteiger partial charge is 0.490 e. The number of rotatable bonds is 8. The summed E-state index contributed by atoms with van der Waals surface area (Å²) in [4.78, 5) is 24.4. The molecule has 1 fully saturated rings. The molecule has 0 bridgehead atoms. The fourth-order valence-electron chi connectivity index (χ4n) is 3.59. The van der Waals surface area contributed by atoms with E-state index in [1.165, 1.54) is 25.4 Å². The number of halogens is 1. The number of hydrogen-bond acceptors (Lipinski definition) is 8. The van der Waals surface area contributed by atoms with Gasteiger partial charge in [0.25, 0.3) is 5.88 Å². The highest BCUT2D eigenvalue weighted by molar-refractivity contribution is 5.98. The van der Waals surface area contributed by atoms with Crippen molar-refractivity contribution in [2.75, 3.05) is 55.9 Å². The Bertz CT molecular complexity index is 1210. The number of methoxy groups -OCH3 is 1. The van der Waals surface area contributed by atoms with Gasteiger partial charge in [0.15, 0.2) is 5.75 Å². The first-order chi connectivity index (χ1) is 16.9. The van der Waals surface area contributed by atoms with Crippen molar-refractivity contribution in [3.63, 3.8) is 0 Å². The van der Waals surface area contributed by atoms with E-state index in [0.717, 1.165) is 26.2 Å². The van der Waals surface area contributed by atoms with Gasteiger partial charge in [-0.2, -0.15) is 4.98 Å². The molecule has 1 saturated heterocycles. The quantitative estimate of drug-likeness (QED) is 0.469. The summed E-state index contributed by atoms with van der Waals surface area (Å²) in [7, 11) is 3.54. The minimum atomic E-state index is -0.334. The molecule has 3 aromatic rings.